The van der Waals surface area contributed by atoms with Crippen LogP contribution in [0.1, 0.15) is 53.2 Å². The lowest BCUT2D eigenvalue weighted by molar-refractivity contribution is -0.141. The van der Waals surface area contributed by atoms with Crippen molar-refractivity contribution < 1.29 is 26.3 Å². The maximum atomic E-state index is 13.4. The van der Waals surface area contributed by atoms with Crippen LogP contribution in [0.5, 0.6) is 0 Å². The van der Waals surface area contributed by atoms with Crippen LogP contribution in [0, 0.1) is 11.3 Å². The highest BCUT2D eigenvalue weighted by Crippen LogP contribution is 2.41. The molecule has 5 nitrogen and oxygen atoms in total. The standard InChI is InChI=1S/C26H21F6N5/c1-4-20-18(10-25(27,28)29)19(11-33)17-9-15(5-7-21(17)36-20)24(2,23-13-34-14-37(23)3)16-6-8-22(35-12-16)26(30,31)32/h5-9,12-14H,4,10H2,1-3H3. The van der Waals surface area contributed by atoms with Crippen molar-refractivity contribution in [2.24, 2.45) is 7.05 Å². The van der Waals surface area contributed by atoms with Crippen LogP contribution < -0.4 is 0 Å². The fourth-order valence-electron chi connectivity index (χ4n) is 4.63. The summed E-state index contributed by atoms with van der Waals surface area (Å²) in [4.78, 5) is 12.1. The smallest absolute Gasteiger partial charge is 0.337 e. The Morgan fingerprint density at radius 1 is 1.00 bits per heavy atom. The van der Waals surface area contributed by atoms with Gasteiger partial charge in [-0.3, -0.25) is 9.97 Å². The topological polar surface area (TPSA) is 67.4 Å². The predicted octanol–water partition coefficient (Wildman–Crippen LogP) is 6.28. The third-order valence-corrected chi connectivity index (χ3v) is 6.53. The van der Waals surface area contributed by atoms with E-state index < -0.39 is 29.9 Å². The molecule has 0 bridgehead atoms. The van der Waals surface area contributed by atoms with Gasteiger partial charge in [0.15, 0.2) is 0 Å². The minimum absolute atomic E-state index is 0.126. The van der Waals surface area contributed by atoms with Gasteiger partial charge in [0.2, 0.25) is 0 Å². The maximum absolute atomic E-state index is 13.4. The Morgan fingerprint density at radius 3 is 2.22 bits per heavy atom. The number of hydrogen-bond donors (Lipinski definition) is 0. The third kappa shape index (κ3) is 4.75. The summed E-state index contributed by atoms with van der Waals surface area (Å²) < 4.78 is 81.3. The van der Waals surface area contributed by atoms with Gasteiger partial charge in [0.05, 0.1) is 34.9 Å². The minimum atomic E-state index is -4.62. The van der Waals surface area contributed by atoms with Gasteiger partial charge in [0.1, 0.15) is 11.8 Å². The fraction of sp³-hybridized carbons (Fsp3) is 0.308. The highest BCUT2D eigenvalue weighted by Gasteiger charge is 2.37. The lowest BCUT2D eigenvalue weighted by atomic mass is 9.73. The summed E-state index contributed by atoms with van der Waals surface area (Å²) >= 11 is 0. The molecular weight excluding hydrogens is 496 g/mol. The van der Waals surface area contributed by atoms with Crippen LogP contribution in [0.2, 0.25) is 0 Å². The maximum Gasteiger partial charge on any atom is 0.433 e. The largest absolute Gasteiger partial charge is 0.433 e. The molecule has 1 unspecified atom stereocenters. The van der Waals surface area contributed by atoms with Crippen LogP contribution >= 0.6 is 0 Å². The quantitative estimate of drug-likeness (QED) is 0.293. The predicted molar refractivity (Wildman–Crippen MR) is 124 cm³/mol. The second kappa shape index (κ2) is 9.18. The van der Waals surface area contributed by atoms with Crippen molar-refractivity contribution in [3.63, 3.8) is 0 Å². The highest BCUT2D eigenvalue weighted by atomic mass is 19.4. The molecule has 3 heterocycles. The van der Waals surface area contributed by atoms with E-state index in [1.807, 2.05) is 6.07 Å². The van der Waals surface area contributed by atoms with Gasteiger partial charge in [-0.15, -0.1) is 0 Å². The van der Waals surface area contributed by atoms with Crippen LogP contribution in [-0.2, 0) is 31.5 Å². The van der Waals surface area contributed by atoms with Crippen molar-refractivity contribution in [1.29, 1.82) is 5.26 Å². The molecule has 4 aromatic rings. The first-order chi connectivity index (χ1) is 17.3. The highest BCUT2D eigenvalue weighted by molar-refractivity contribution is 5.87. The van der Waals surface area contributed by atoms with E-state index in [4.69, 9.17) is 0 Å². The molecule has 11 heteroatoms. The summed E-state index contributed by atoms with van der Waals surface area (Å²) in [5.74, 6) is 0. The molecule has 0 N–H and O–H groups in total. The molecule has 0 fully saturated rings. The van der Waals surface area contributed by atoms with Crippen molar-refractivity contribution in [1.82, 2.24) is 19.5 Å². The number of pyridine rings is 2. The van der Waals surface area contributed by atoms with Gasteiger partial charge in [-0.2, -0.15) is 31.6 Å². The molecule has 0 spiro atoms. The second-order valence-electron chi connectivity index (χ2n) is 8.85. The third-order valence-electron chi connectivity index (χ3n) is 6.53. The summed E-state index contributed by atoms with van der Waals surface area (Å²) in [7, 11) is 1.72. The molecule has 192 valence electrons. The molecule has 0 saturated carbocycles. The molecule has 1 aromatic carbocycles. The number of nitrogens with zero attached hydrogens (tertiary/aromatic N) is 5. The minimum Gasteiger partial charge on any atom is -0.337 e. The molecule has 0 radical (unpaired) electrons. The number of benzene rings is 1. The van der Waals surface area contributed by atoms with Crippen LogP contribution in [0.4, 0.5) is 26.3 Å². The van der Waals surface area contributed by atoms with Crippen LogP contribution in [-0.4, -0.2) is 25.7 Å². The average molecular weight is 517 g/mol. The Morgan fingerprint density at radius 2 is 1.70 bits per heavy atom. The van der Waals surface area contributed by atoms with Crippen LogP contribution in [0.15, 0.2) is 49.1 Å². The van der Waals surface area contributed by atoms with E-state index in [2.05, 4.69) is 15.0 Å². The van der Waals surface area contributed by atoms with Gasteiger partial charge in [0, 0.05) is 36.1 Å². The molecule has 0 aliphatic rings. The lowest BCUT2D eigenvalue weighted by Gasteiger charge is -2.31. The molecule has 0 saturated heterocycles. The number of aromatic nitrogens is 4. The zero-order valence-electron chi connectivity index (χ0n) is 20.0. The zero-order chi connectivity index (χ0) is 27.2. The Labute approximate surface area is 208 Å². The second-order valence-corrected chi connectivity index (χ2v) is 8.85. The molecule has 37 heavy (non-hydrogen) atoms. The summed E-state index contributed by atoms with van der Waals surface area (Å²) in [6, 6.07) is 9.00. The van der Waals surface area contributed by atoms with E-state index in [9.17, 15) is 31.6 Å². The van der Waals surface area contributed by atoms with Gasteiger partial charge >= 0.3 is 12.4 Å². The Balaban J connectivity index is 2.00. The number of rotatable bonds is 5. The summed E-state index contributed by atoms with van der Waals surface area (Å²) in [6.07, 6.45) is -6.04. The lowest BCUT2D eigenvalue weighted by Crippen LogP contribution is -2.28. The Bertz CT molecular complexity index is 1500. The van der Waals surface area contributed by atoms with Crippen LogP contribution in [0.3, 0.4) is 0 Å². The molecule has 0 aliphatic heterocycles. The van der Waals surface area contributed by atoms with Gasteiger partial charge < -0.3 is 4.57 Å². The Hall–Kier alpha value is -3.94. The zero-order valence-corrected chi connectivity index (χ0v) is 20.0. The molecular formula is C26H21F6N5. The average Bonchev–Trinajstić information content (AvgIpc) is 3.27. The van der Waals surface area contributed by atoms with E-state index in [-0.39, 0.29) is 28.6 Å². The monoisotopic (exact) mass is 517 g/mol. The molecule has 0 aliphatic carbocycles. The number of fused-ring (bicyclic) bond motifs is 1. The molecule has 3 aromatic heterocycles. The summed E-state index contributed by atoms with van der Waals surface area (Å²) in [5, 5.41) is 10.1. The first-order valence-corrected chi connectivity index (χ1v) is 11.2. The number of nitriles is 1. The number of aryl methyl sites for hydroxylation is 2. The van der Waals surface area contributed by atoms with Gasteiger partial charge in [-0.25, -0.2) is 4.98 Å². The van der Waals surface area contributed by atoms with E-state index in [1.165, 1.54) is 12.4 Å². The number of alkyl halides is 6. The molecule has 4 rings (SSSR count). The molecule has 0 amide bonds. The summed E-state index contributed by atoms with van der Waals surface area (Å²) in [5.41, 5.74) is -0.420. The van der Waals surface area contributed by atoms with Crippen molar-refractivity contribution in [2.45, 2.75) is 44.5 Å². The number of imidazole rings is 1. The van der Waals surface area contributed by atoms with E-state index >= 15 is 0 Å². The number of hydrogen-bond acceptors (Lipinski definition) is 4. The normalized spacial score (nSPS) is 13.9. The first-order valence-electron chi connectivity index (χ1n) is 11.2. The van der Waals surface area contributed by atoms with Crippen molar-refractivity contribution >= 4 is 10.9 Å². The summed E-state index contributed by atoms with van der Waals surface area (Å²) in [6.45, 7) is 3.42. The van der Waals surface area contributed by atoms with Crippen molar-refractivity contribution in [3.05, 3.63) is 88.4 Å². The van der Waals surface area contributed by atoms with Crippen molar-refractivity contribution in [2.75, 3.05) is 0 Å². The van der Waals surface area contributed by atoms with Gasteiger partial charge in [-0.1, -0.05) is 19.1 Å². The van der Waals surface area contributed by atoms with Gasteiger partial charge in [-0.05, 0) is 42.7 Å². The number of halogens is 6. The van der Waals surface area contributed by atoms with Crippen LogP contribution in [0.25, 0.3) is 10.9 Å². The fourth-order valence-corrected chi connectivity index (χ4v) is 4.63. The van der Waals surface area contributed by atoms with E-state index in [0.29, 0.717) is 22.3 Å². The van der Waals surface area contributed by atoms with Gasteiger partial charge in [0.25, 0.3) is 0 Å². The Kier molecular flexibility index (Phi) is 6.48. The first kappa shape index (κ1) is 26.1. The van der Waals surface area contributed by atoms with E-state index in [0.717, 1.165) is 12.3 Å². The SMILES string of the molecule is CCc1nc2ccc(C(C)(c3ccc(C(F)(F)F)nc3)c3cncn3C)cc2c(C#N)c1CC(F)(F)F. The van der Waals surface area contributed by atoms with E-state index in [1.54, 1.807) is 49.9 Å². The van der Waals surface area contributed by atoms with Crippen molar-refractivity contribution in [3.8, 4) is 6.07 Å². The molecule has 1 atom stereocenters.